The Morgan fingerprint density at radius 1 is 1.19 bits per heavy atom. The summed E-state index contributed by atoms with van der Waals surface area (Å²) in [6.45, 7) is 8.33. The maximum atomic E-state index is 12.9. The van der Waals surface area contributed by atoms with Gasteiger partial charge in [-0.25, -0.2) is 4.99 Å². The van der Waals surface area contributed by atoms with Crippen molar-refractivity contribution < 1.29 is 14.3 Å². The van der Waals surface area contributed by atoms with E-state index in [1.165, 1.54) is 5.57 Å². The van der Waals surface area contributed by atoms with E-state index in [0.717, 1.165) is 38.5 Å². The van der Waals surface area contributed by atoms with E-state index in [-0.39, 0.29) is 22.7 Å². The first-order chi connectivity index (χ1) is 12.7. The molecule has 146 valence electrons. The summed E-state index contributed by atoms with van der Waals surface area (Å²) in [7, 11) is 0. The minimum Gasteiger partial charge on any atom is -0.475 e. The van der Waals surface area contributed by atoms with Gasteiger partial charge in [0.2, 0.25) is 0 Å². The molecule has 1 heterocycles. The maximum Gasteiger partial charge on any atom is 0.181 e. The Morgan fingerprint density at radius 3 is 2.70 bits per heavy atom. The van der Waals surface area contributed by atoms with Crippen LogP contribution in [0.3, 0.4) is 0 Å². The lowest BCUT2D eigenvalue weighted by Gasteiger charge is -2.58. The van der Waals surface area contributed by atoms with Crippen LogP contribution in [-0.4, -0.2) is 29.1 Å². The molecular weight excluding hydrogens is 338 g/mol. The highest BCUT2D eigenvalue weighted by atomic mass is 16.5. The molecule has 0 N–H and O–H groups in total. The average Bonchev–Trinajstić information content (AvgIpc) is 3.06. The number of Topliss-reactive ketones (excluding diaryl/α,β-unsaturated/α-hetero) is 1. The zero-order valence-electron chi connectivity index (χ0n) is 17.0. The number of hydrogen-bond donors (Lipinski definition) is 0. The van der Waals surface area contributed by atoms with Gasteiger partial charge in [-0.05, 0) is 74.7 Å². The average molecular weight is 370 g/mol. The van der Waals surface area contributed by atoms with Crippen LogP contribution in [0, 0.1) is 28.6 Å². The Hall–Kier alpha value is -1.45. The molecule has 5 aliphatic rings. The van der Waals surface area contributed by atoms with E-state index < -0.39 is 5.54 Å². The first kappa shape index (κ1) is 17.6. The van der Waals surface area contributed by atoms with E-state index >= 15 is 0 Å². The molecule has 1 aliphatic heterocycles. The summed E-state index contributed by atoms with van der Waals surface area (Å²) in [6.07, 6.45) is 8.87. The number of carbonyl (C=O) groups is 2. The normalized spacial score (nSPS) is 50.6. The number of rotatable bonds is 1. The summed E-state index contributed by atoms with van der Waals surface area (Å²) in [5.41, 5.74) is 0.781. The third-order valence-electron chi connectivity index (χ3n) is 9.34. The highest BCUT2D eigenvalue weighted by Gasteiger charge is 2.72. The van der Waals surface area contributed by atoms with Crippen LogP contribution >= 0.6 is 0 Å². The molecule has 7 atom stereocenters. The van der Waals surface area contributed by atoms with Gasteiger partial charge in [-0.15, -0.1) is 0 Å². The quantitative estimate of drug-likeness (QED) is 0.693. The van der Waals surface area contributed by atoms with Gasteiger partial charge in [0.1, 0.15) is 6.10 Å². The number of carbonyl (C=O) groups excluding carboxylic acids is 2. The second kappa shape index (κ2) is 5.33. The molecule has 4 aliphatic carbocycles. The molecule has 5 rings (SSSR count). The maximum absolute atomic E-state index is 12.9. The van der Waals surface area contributed by atoms with Crippen molar-refractivity contribution in [3.63, 3.8) is 0 Å². The second-order valence-corrected chi connectivity index (χ2v) is 10.2. The van der Waals surface area contributed by atoms with Crippen molar-refractivity contribution in [1.82, 2.24) is 0 Å². The van der Waals surface area contributed by atoms with Crippen molar-refractivity contribution in [2.24, 2.45) is 33.6 Å². The van der Waals surface area contributed by atoms with Crippen molar-refractivity contribution >= 4 is 17.5 Å². The Labute approximate surface area is 161 Å². The highest BCUT2D eigenvalue weighted by molar-refractivity contribution is 5.94. The van der Waals surface area contributed by atoms with Crippen LogP contribution in [0.5, 0.6) is 0 Å². The molecule has 0 aromatic carbocycles. The molecule has 3 fully saturated rings. The Morgan fingerprint density at radius 2 is 1.96 bits per heavy atom. The van der Waals surface area contributed by atoms with Gasteiger partial charge < -0.3 is 4.74 Å². The van der Waals surface area contributed by atoms with Crippen LogP contribution < -0.4 is 0 Å². The van der Waals surface area contributed by atoms with Gasteiger partial charge in [-0.3, -0.25) is 9.59 Å². The van der Waals surface area contributed by atoms with Crippen LogP contribution in [-0.2, 0) is 14.3 Å². The lowest BCUT2D eigenvalue weighted by molar-refractivity contribution is -0.132. The summed E-state index contributed by atoms with van der Waals surface area (Å²) in [5, 5.41) is 0. The topological polar surface area (TPSA) is 55.7 Å². The molecule has 27 heavy (non-hydrogen) atoms. The zero-order chi connectivity index (χ0) is 19.2. The second-order valence-electron chi connectivity index (χ2n) is 10.2. The Balaban J connectivity index is 1.56. The minimum atomic E-state index is -0.674. The van der Waals surface area contributed by atoms with Crippen LogP contribution in [0.2, 0.25) is 0 Å². The van der Waals surface area contributed by atoms with Gasteiger partial charge in [0.15, 0.2) is 23.0 Å². The van der Waals surface area contributed by atoms with Crippen LogP contribution in [0.15, 0.2) is 16.6 Å². The number of allylic oxidation sites excluding steroid dienone is 1. The first-order valence-electron chi connectivity index (χ1n) is 10.7. The molecule has 0 radical (unpaired) electrons. The Kier molecular flexibility index (Phi) is 3.48. The minimum absolute atomic E-state index is 0.0820. The molecule has 4 nitrogen and oxygen atoms in total. The standard InChI is InChI=1S/C23H31NO3/c1-13(25)23-20(27-14(2)24-23)12-19-17-6-5-15-11-16(26)7-9-21(15,3)18(17)8-10-22(19,23)4/h11,17-20H,5-10,12H2,1-4H3/t17-,18+,19+,20-,21+,22+,23-/m1/s1. The van der Waals surface area contributed by atoms with E-state index in [9.17, 15) is 9.59 Å². The third kappa shape index (κ3) is 1.97. The van der Waals surface area contributed by atoms with E-state index in [1.54, 1.807) is 6.92 Å². The van der Waals surface area contributed by atoms with E-state index in [1.807, 2.05) is 13.0 Å². The molecular formula is C23H31NO3. The lowest BCUT2D eigenvalue weighted by Crippen LogP contribution is -2.57. The number of fused-ring (bicyclic) bond motifs is 7. The van der Waals surface area contributed by atoms with Gasteiger partial charge in [0.05, 0.1) is 0 Å². The molecule has 0 saturated heterocycles. The zero-order valence-corrected chi connectivity index (χ0v) is 17.0. The van der Waals surface area contributed by atoms with Gasteiger partial charge in [0.25, 0.3) is 0 Å². The third-order valence-corrected chi connectivity index (χ3v) is 9.34. The van der Waals surface area contributed by atoms with Gasteiger partial charge in [-0.1, -0.05) is 19.4 Å². The molecule has 0 aromatic heterocycles. The van der Waals surface area contributed by atoms with E-state index in [2.05, 4.69) is 13.8 Å². The molecule has 4 heteroatoms. The Bertz CT molecular complexity index is 797. The number of ketones is 2. The van der Waals surface area contributed by atoms with Crippen LogP contribution in [0.1, 0.15) is 72.6 Å². The summed E-state index contributed by atoms with van der Waals surface area (Å²) in [6, 6.07) is 0. The fourth-order valence-electron chi connectivity index (χ4n) is 8.08. The fraction of sp³-hybridized carbons (Fsp3) is 0.783. The number of hydrogen-bond acceptors (Lipinski definition) is 4. The van der Waals surface area contributed by atoms with Gasteiger partial charge in [0, 0.05) is 18.8 Å². The molecule has 0 unspecified atom stereocenters. The molecule has 0 aromatic rings. The van der Waals surface area contributed by atoms with Crippen molar-refractivity contribution in [2.75, 3.05) is 0 Å². The SMILES string of the molecule is CC(=O)[C@@]12N=C(C)O[C@@H]1C[C@H]1[C@@H]3CCC4=CC(=O)CC[C@]4(C)[C@H]3CC[C@@]12C. The lowest BCUT2D eigenvalue weighted by atomic mass is 9.46. The highest BCUT2D eigenvalue weighted by Crippen LogP contribution is 2.69. The van der Waals surface area contributed by atoms with E-state index in [0.29, 0.717) is 35.9 Å². The monoisotopic (exact) mass is 369 g/mol. The molecule has 0 bridgehead atoms. The van der Waals surface area contributed by atoms with Crippen LogP contribution in [0.4, 0.5) is 0 Å². The van der Waals surface area contributed by atoms with Crippen molar-refractivity contribution in [3.8, 4) is 0 Å². The van der Waals surface area contributed by atoms with Crippen LogP contribution in [0.25, 0.3) is 0 Å². The molecule has 0 amide bonds. The largest absolute Gasteiger partial charge is 0.475 e. The number of aliphatic imine (C=N–C) groups is 1. The first-order valence-corrected chi connectivity index (χ1v) is 10.7. The van der Waals surface area contributed by atoms with Crippen molar-refractivity contribution in [2.45, 2.75) is 84.3 Å². The number of nitrogens with zero attached hydrogens (tertiary/aromatic N) is 1. The van der Waals surface area contributed by atoms with Crippen molar-refractivity contribution in [1.29, 1.82) is 0 Å². The molecule has 3 saturated carbocycles. The van der Waals surface area contributed by atoms with Crippen molar-refractivity contribution in [3.05, 3.63) is 11.6 Å². The predicted octanol–water partition coefficient (Wildman–Crippen LogP) is 4.27. The molecule has 0 spiro atoms. The summed E-state index contributed by atoms with van der Waals surface area (Å²) < 4.78 is 6.11. The summed E-state index contributed by atoms with van der Waals surface area (Å²) >= 11 is 0. The smallest absolute Gasteiger partial charge is 0.181 e. The predicted molar refractivity (Wildman–Crippen MR) is 103 cm³/mol. The summed E-state index contributed by atoms with van der Waals surface area (Å²) in [5.74, 6) is 2.89. The summed E-state index contributed by atoms with van der Waals surface area (Å²) in [4.78, 5) is 29.8. The van der Waals surface area contributed by atoms with E-state index in [4.69, 9.17) is 9.73 Å². The fourth-order valence-corrected chi connectivity index (χ4v) is 8.08. The van der Waals surface area contributed by atoms with Gasteiger partial charge in [-0.2, -0.15) is 0 Å². The van der Waals surface area contributed by atoms with Gasteiger partial charge >= 0.3 is 0 Å². The number of ether oxygens (including phenoxy) is 1.